The van der Waals surface area contributed by atoms with Gasteiger partial charge in [-0.25, -0.2) is 13.1 Å². The monoisotopic (exact) mass is 274 g/mol. The van der Waals surface area contributed by atoms with Gasteiger partial charge in [0.2, 0.25) is 10.0 Å². The number of hydrogen-bond donors (Lipinski definition) is 2. The van der Waals surface area contributed by atoms with Gasteiger partial charge >= 0.3 is 5.97 Å². The maximum absolute atomic E-state index is 11.2. The first-order chi connectivity index (χ1) is 8.30. The number of sulfonamides is 1. The van der Waals surface area contributed by atoms with Crippen molar-refractivity contribution < 1.29 is 23.2 Å². The second kappa shape index (κ2) is 5.56. The zero-order valence-corrected chi connectivity index (χ0v) is 9.88. The fourth-order valence-electron chi connectivity index (χ4n) is 1.19. The van der Waals surface area contributed by atoms with Crippen LogP contribution >= 0.6 is 0 Å². The molecule has 9 heteroatoms. The molecule has 8 nitrogen and oxygen atoms in total. The summed E-state index contributed by atoms with van der Waals surface area (Å²) in [5, 5.41) is 18.8. The van der Waals surface area contributed by atoms with E-state index in [2.05, 4.69) is 0 Å². The van der Waals surface area contributed by atoms with Crippen molar-refractivity contribution >= 4 is 21.7 Å². The highest BCUT2D eigenvalue weighted by Gasteiger charge is 2.15. The highest BCUT2D eigenvalue weighted by molar-refractivity contribution is 7.90. The van der Waals surface area contributed by atoms with E-state index in [1.807, 2.05) is 4.72 Å². The van der Waals surface area contributed by atoms with Gasteiger partial charge in [0.05, 0.1) is 4.92 Å². The minimum Gasteiger partial charge on any atom is -0.480 e. The molecular weight excluding hydrogens is 264 g/mol. The second-order valence-corrected chi connectivity index (χ2v) is 5.21. The van der Waals surface area contributed by atoms with Crippen molar-refractivity contribution in [2.45, 2.75) is 6.54 Å². The maximum atomic E-state index is 11.2. The molecule has 0 bridgehead atoms. The number of nitrogens with zero attached hydrogens (tertiary/aromatic N) is 1. The molecule has 0 aliphatic heterocycles. The Labute approximate surface area is 102 Å². The van der Waals surface area contributed by atoms with Gasteiger partial charge < -0.3 is 5.11 Å². The Hall–Kier alpha value is -2.00. The lowest BCUT2D eigenvalue weighted by molar-refractivity contribution is -0.384. The van der Waals surface area contributed by atoms with Crippen LogP contribution in [-0.4, -0.2) is 30.2 Å². The number of hydrogen-bond acceptors (Lipinski definition) is 5. The Morgan fingerprint density at radius 3 is 2.67 bits per heavy atom. The molecule has 0 radical (unpaired) electrons. The van der Waals surface area contributed by atoms with E-state index in [-0.39, 0.29) is 12.2 Å². The molecule has 1 aromatic rings. The first kappa shape index (κ1) is 14.1. The molecule has 2 N–H and O–H groups in total. The van der Waals surface area contributed by atoms with Crippen LogP contribution in [0.2, 0.25) is 0 Å². The third-order valence-corrected chi connectivity index (χ3v) is 3.14. The van der Waals surface area contributed by atoms with Crippen LogP contribution in [-0.2, 0) is 21.4 Å². The number of non-ortho nitro benzene ring substituents is 1. The van der Waals surface area contributed by atoms with E-state index in [4.69, 9.17) is 5.11 Å². The third-order valence-electron chi connectivity index (χ3n) is 1.93. The average molecular weight is 274 g/mol. The predicted octanol–water partition coefficient (Wildman–Crippen LogP) is 0.0988. The van der Waals surface area contributed by atoms with Crippen molar-refractivity contribution in [2.75, 3.05) is 5.75 Å². The number of nitro benzene ring substituents is 1. The topological polar surface area (TPSA) is 127 Å². The van der Waals surface area contributed by atoms with Gasteiger partial charge in [-0.2, -0.15) is 0 Å². The fourth-order valence-corrected chi connectivity index (χ4v) is 2.00. The highest BCUT2D eigenvalue weighted by atomic mass is 32.2. The second-order valence-electron chi connectivity index (χ2n) is 3.40. The number of rotatable bonds is 6. The number of nitro groups is 1. The van der Waals surface area contributed by atoms with Gasteiger partial charge in [0.1, 0.15) is 0 Å². The van der Waals surface area contributed by atoms with Crippen molar-refractivity contribution in [1.29, 1.82) is 0 Å². The van der Waals surface area contributed by atoms with Crippen molar-refractivity contribution in [1.82, 2.24) is 4.72 Å². The average Bonchev–Trinajstić information content (AvgIpc) is 2.25. The van der Waals surface area contributed by atoms with Crippen LogP contribution in [0.1, 0.15) is 5.56 Å². The van der Waals surface area contributed by atoms with Crippen LogP contribution < -0.4 is 4.72 Å². The van der Waals surface area contributed by atoms with Crippen molar-refractivity contribution in [3.63, 3.8) is 0 Å². The summed E-state index contributed by atoms with van der Waals surface area (Å²) in [6.45, 7) is -0.197. The minimum atomic E-state index is -3.93. The molecule has 0 saturated heterocycles. The molecule has 0 amide bonds. The Morgan fingerprint density at radius 1 is 1.44 bits per heavy atom. The minimum absolute atomic E-state index is 0.162. The zero-order chi connectivity index (χ0) is 13.8. The fraction of sp³-hybridized carbons (Fsp3) is 0.222. The molecule has 0 aliphatic carbocycles. The van der Waals surface area contributed by atoms with Gasteiger partial charge in [0.15, 0.2) is 5.75 Å². The molecule has 1 rings (SSSR count). The van der Waals surface area contributed by atoms with Crippen molar-refractivity contribution in [3.05, 3.63) is 39.9 Å². The van der Waals surface area contributed by atoms with Gasteiger partial charge in [-0.05, 0) is 5.56 Å². The molecule has 18 heavy (non-hydrogen) atoms. The molecule has 0 atom stereocenters. The number of benzene rings is 1. The number of carboxylic acid groups (broad SMARTS) is 1. The van der Waals surface area contributed by atoms with Crippen LogP contribution in [0.5, 0.6) is 0 Å². The maximum Gasteiger partial charge on any atom is 0.320 e. The summed E-state index contributed by atoms with van der Waals surface area (Å²) in [5.74, 6) is -2.51. The molecule has 0 aliphatic rings. The van der Waals surface area contributed by atoms with E-state index in [0.29, 0.717) is 5.56 Å². The van der Waals surface area contributed by atoms with Gasteiger partial charge in [-0.3, -0.25) is 14.9 Å². The van der Waals surface area contributed by atoms with Crippen molar-refractivity contribution in [3.8, 4) is 0 Å². The largest absolute Gasteiger partial charge is 0.480 e. The summed E-state index contributed by atoms with van der Waals surface area (Å²) < 4.78 is 24.5. The number of aliphatic carboxylic acids is 1. The lowest BCUT2D eigenvalue weighted by Crippen LogP contribution is -2.29. The third kappa shape index (κ3) is 4.47. The van der Waals surface area contributed by atoms with E-state index < -0.39 is 26.7 Å². The van der Waals surface area contributed by atoms with Crippen LogP contribution in [0, 0.1) is 10.1 Å². The van der Waals surface area contributed by atoms with Gasteiger partial charge in [-0.15, -0.1) is 0 Å². The molecule has 0 aromatic heterocycles. The smallest absolute Gasteiger partial charge is 0.320 e. The number of nitrogens with one attached hydrogen (secondary N) is 1. The lowest BCUT2D eigenvalue weighted by atomic mass is 10.2. The summed E-state index contributed by atoms with van der Waals surface area (Å²) in [7, 11) is -3.93. The molecule has 98 valence electrons. The summed E-state index contributed by atoms with van der Waals surface area (Å²) >= 11 is 0. The zero-order valence-electron chi connectivity index (χ0n) is 9.07. The summed E-state index contributed by atoms with van der Waals surface area (Å²) in [4.78, 5) is 20.1. The van der Waals surface area contributed by atoms with Crippen molar-refractivity contribution in [2.24, 2.45) is 0 Å². The molecular formula is C9H10N2O6S. The van der Waals surface area contributed by atoms with E-state index in [1.165, 1.54) is 24.3 Å². The summed E-state index contributed by atoms with van der Waals surface area (Å²) in [6, 6.07) is 5.40. The van der Waals surface area contributed by atoms with Crippen LogP contribution in [0.3, 0.4) is 0 Å². The first-order valence-electron chi connectivity index (χ1n) is 4.72. The van der Waals surface area contributed by atoms with Gasteiger partial charge in [-0.1, -0.05) is 12.1 Å². The van der Waals surface area contributed by atoms with E-state index in [0.717, 1.165) is 0 Å². The SMILES string of the molecule is O=C(O)CS(=O)(=O)NCc1cccc([N+](=O)[O-])c1. The van der Waals surface area contributed by atoms with Gasteiger partial charge in [0.25, 0.3) is 5.69 Å². The van der Waals surface area contributed by atoms with Crippen LogP contribution in [0.25, 0.3) is 0 Å². The van der Waals surface area contributed by atoms with E-state index in [9.17, 15) is 23.3 Å². The quantitative estimate of drug-likeness (QED) is 0.559. The van der Waals surface area contributed by atoms with Crippen LogP contribution in [0.15, 0.2) is 24.3 Å². The summed E-state index contributed by atoms with van der Waals surface area (Å²) in [5.41, 5.74) is 0.211. The van der Waals surface area contributed by atoms with E-state index in [1.54, 1.807) is 0 Å². The number of carboxylic acids is 1. The summed E-state index contributed by atoms with van der Waals surface area (Å²) in [6.07, 6.45) is 0. The van der Waals surface area contributed by atoms with Gasteiger partial charge in [0, 0.05) is 18.7 Å². The predicted molar refractivity (Wildman–Crippen MR) is 61.4 cm³/mol. The van der Waals surface area contributed by atoms with E-state index >= 15 is 0 Å². The molecule has 0 fully saturated rings. The molecule has 0 saturated carbocycles. The number of carbonyl (C=O) groups is 1. The highest BCUT2D eigenvalue weighted by Crippen LogP contribution is 2.12. The Kier molecular flexibility index (Phi) is 4.34. The lowest BCUT2D eigenvalue weighted by Gasteiger charge is -2.04. The first-order valence-corrected chi connectivity index (χ1v) is 6.38. The Bertz CT molecular complexity index is 568. The standard InChI is InChI=1S/C9H10N2O6S/c12-9(13)6-18(16,17)10-5-7-2-1-3-8(4-7)11(14)15/h1-4,10H,5-6H2,(H,12,13). The molecule has 0 unspecified atom stereocenters. The van der Waals surface area contributed by atoms with Crippen LogP contribution in [0.4, 0.5) is 5.69 Å². The Balaban J connectivity index is 2.72. The molecule has 0 spiro atoms. The normalized spacial score (nSPS) is 11.1. The Morgan fingerprint density at radius 2 is 2.11 bits per heavy atom. The molecule has 1 aromatic carbocycles. The molecule has 0 heterocycles.